The molecule has 5 unspecified atom stereocenters. The van der Waals surface area contributed by atoms with Gasteiger partial charge in [-0.3, -0.25) is 14.4 Å². The van der Waals surface area contributed by atoms with E-state index in [9.17, 15) is 29.7 Å². The molecule has 4 aliphatic rings. The molecule has 0 bridgehead atoms. The minimum Gasteiger partial charge on any atom is -0.507 e. The molecule has 0 spiro atoms. The monoisotopic (exact) mass is 504 g/mol. The SMILES string of the molecule is CC1CCCCO1.COC1CCCC2C(=O)c3c(O)c4c(c(O)c3C(=O)C12)[C@@H](O)CC(C(=O)CO)C4. The van der Waals surface area contributed by atoms with E-state index in [1.165, 1.54) is 26.4 Å². The summed E-state index contributed by atoms with van der Waals surface area (Å²) >= 11 is 0. The molecule has 1 saturated carbocycles. The van der Waals surface area contributed by atoms with Gasteiger partial charge in [0.05, 0.1) is 35.4 Å². The smallest absolute Gasteiger partial charge is 0.173 e. The Labute approximate surface area is 210 Å². The van der Waals surface area contributed by atoms with Gasteiger partial charge in [-0.25, -0.2) is 0 Å². The lowest BCUT2D eigenvalue weighted by molar-refractivity contribution is -0.127. The lowest BCUT2D eigenvalue weighted by Crippen LogP contribution is -2.46. The van der Waals surface area contributed by atoms with E-state index < -0.39 is 65.4 Å². The molecule has 2 fully saturated rings. The number of phenolic OH excluding ortho intramolecular Hbond substituents is 2. The van der Waals surface area contributed by atoms with Crippen LogP contribution in [0.1, 0.15) is 89.8 Å². The molecule has 5 rings (SSSR count). The summed E-state index contributed by atoms with van der Waals surface area (Å²) in [6.07, 6.45) is 4.41. The predicted octanol–water partition coefficient (Wildman–Crippen LogP) is 2.64. The Morgan fingerprint density at radius 3 is 2.33 bits per heavy atom. The number of ether oxygens (including phenoxy) is 2. The number of rotatable bonds is 3. The van der Waals surface area contributed by atoms with E-state index in [-0.39, 0.29) is 35.1 Å². The molecule has 4 N–H and O–H groups in total. The second kappa shape index (κ2) is 11.0. The number of phenols is 2. The average Bonchev–Trinajstić information content (AvgIpc) is 2.88. The molecular weight excluding hydrogens is 468 g/mol. The van der Waals surface area contributed by atoms with Crippen LogP contribution < -0.4 is 0 Å². The molecular formula is C27H36O9. The molecule has 198 valence electrons. The zero-order chi connectivity index (χ0) is 26.1. The number of carbonyl (C=O) groups is 3. The van der Waals surface area contributed by atoms with Gasteiger partial charge in [0.2, 0.25) is 0 Å². The Kier molecular flexibility index (Phi) is 8.14. The van der Waals surface area contributed by atoms with Gasteiger partial charge in [-0.1, -0.05) is 6.42 Å². The third kappa shape index (κ3) is 4.69. The summed E-state index contributed by atoms with van der Waals surface area (Å²) in [6, 6.07) is 0. The number of hydrogen-bond acceptors (Lipinski definition) is 9. The molecule has 0 amide bonds. The van der Waals surface area contributed by atoms with Crippen molar-refractivity contribution in [2.75, 3.05) is 20.3 Å². The molecule has 1 aliphatic heterocycles. The van der Waals surface area contributed by atoms with E-state index in [1.54, 1.807) is 0 Å². The minimum absolute atomic E-state index is 0.0207. The number of methoxy groups -OCH3 is 1. The first-order valence-corrected chi connectivity index (χ1v) is 12.9. The van der Waals surface area contributed by atoms with Crippen LogP contribution in [0.25, 0.3) is 0 Å². The molecule has 9 heteroatoms. The van der Waals surface area contributed by atoms with E-state index in [1.807, 2.05) is 0 Å². The number of aromatic hydroxyl groups is 2. The quantitative estimate of drug-likeness (QED) is 0.455. The number of ketones is 3. The maximum Gasteiger partial charge on any atom is 0.173 e. The van der Waals surface area contributed by atoms with Crippen LogP contribution in [0.4, 0.5) is 0 Å². The normalized spacial score (nSPS) is 31.4. The first kappa shape index (κ1) is 26.7. The summed E-state index contributed by atoms with van der Waals surface area (Å²) < 4.78 is 10.7. The summed E-state index contributed by atoms with van der Waals surface area (Å²) in [6.45, 7) is 2.42. The second-order valence-electron chi connectivity index (χ2n) is 10.4. The Balaban J connectivity index is 0.000000375. The number of benzene rings is 1. The average molecular weight is 505 g/mol. The second-order valence-corrected chi connectivity index (χ2v) is 10.4. The van der Waals surface area contributed by atoms with Crippen LogP contribution >= 0.6 is 0 Å². The summed E-state index contributed by atoms with van der Waals surface area (Å²) in [5, 5.41) is 41.4. The van der Waals surface area contributed by atoms with Crippen molar-refractivity contribution in [2.24, 2.45) is 17.8 Å². The van der Waals surface area contributed by atoms with Crippen molar-refractivity contribution in [3.63, 3.8) is 0 Å². The van der Waals surface area contributed by atoms with Crippen molar-refractivity contribution in [1.29, 1.82) is 0 Å². The lowest BCUT2D eigenvalue weighted by Gasteiger charge is -2.40. The highest BCUT2D eigenvalue weighted by Gasteiger charge is 2.51. The minimum atomic E-state index is -1.30. The molecule has 1 aromatic carbocycles. The fourth-order valence-electron chi connectivity index (χ4n) is 6.25. The third-order valence-electron chi connectivity index (χ3n) is 8.17. The van der Waals surface area contributed by atoms with E-state index in [0.29, 0.717) is 25.4 Å². The number of fused-ring (bicyclic) bond motifs is 3. The van der Waals surface area contributed by atoms with E-state index in [2.05, 4.69) is 6.92 Å². The number of hydrogen-bond donors (Lipinski definition) is 4. The van der Waals surface area contributed by atoms with E-state index in [4.69, 9.17) is 14.6 Å². The molecule has 9 nitrogen and oxygen atoms in total. The Morgan fingerprint density at radius 2 is 1.75 bits per heavy atom. The first-order chi connectivity index (χ1) is 17.2. The largest absolute Gasteiger partial charge is 0.507 e. The molecule has 6 atom stereocenters. The Hall–Kier alpha value is -2.33. The van der Waals surface area contributed by atoms with Crippen LogP contribution in [0.2, 0.25) is 0 Å². The summed E-state index contributed by atoms with van der Waals surface area (Å²) in [7, 11) is 1.48. The molecule has 0 radical (unpaired) electrons. The van der Waals surface area contributed by atoms with Crippen LogP contribution in [0, 0.1) is 17.8 Å². The summed E-state index contributed by atoms with van der Waals surface area (Å²) in [4.78, 5) is 38.4. The van der Waals surface area contributed by atoms with Gasteiger partial charge in [0.15, 0.2) is 17.3 Å². The highest BCUT2D eigenvalue weighted by Crippen LogP contribution is 2.52. The lowest BCUT2D eigenvalue weighted by atomic mass is 9.64. The Bertz CT molecular complexity index is 1030. The topological polar surface area (TPSA) is 151 Å². The molecule has 1 heterocycles. The van der Waals surface area contributed by atoms with Gasteiger partial charge < -0.3 is 29.9 Å². The van der Waals surface area contributed by atoms with Crippen LogP contribution in [0.3, 0.4) is 0 Å². The number of aliphatic hydroxyl groups excluding tert-OH is 2. The van der Waals surface area contributed by atoms with Crippen LogP contribution in [0.15, 0.2) is 0 Å². The van der Waals surface area contributed by atoms with Gasteiger partial charge in [-0.2, -0.15) is 0 Å². The number of carbonyl (C=O) groups excluding carboxylic acids is 3. The standard InChI is InChI=1S/C21H24O8.C6H12O/c1-29-13-4-2-3-9-15(13)21(28)17-16(18(9)25)19(26)10-5-8(12(24)7-22)6-11(23)14(10)20(17)27;1-6-4-2-3-5-7-6/h8-9,11,13,15,22-23,26-27H,2-7H2,1H3;6H,2-5H2,1H3/t8?,9?,11-,13?,15?;/m0./s1. The van der Waals surface area contributed by atoms with Crippen molar-refractivity contribution >= 4 is 17.3 Å². The van der Waals surface area contributed by atoms with Gasteiger partial charge >= 0.3 is 0 Å². The van der Waals surface area contributed by atoms with Gasteiger partial charge in [-0.05, 0) is 51.9 Å². The van der Waals surface area contributed by atoms with Crippen molar-refractivity contribution in [1.82, 2.24) is 0 Å². The van der Waals surface area contributed by atoms with Crippen molar-refractivity contribution in [2.45, 2.75) is 76.6 Å². The van der Waals surface area contributed by atoms with Gasteiger partial charge in [0, 0.05) is 36.7 Å². The van der Waals surface area contributed by atoms with Crippen molar-refractivity contribution in [3.8, 4) is 11.5 Å². The van der Waals surface area contributed by atoms with E-state index >= 15 is 0 Å². The van der Waals surface area contributed by atoms with Crippen molar-refractivity contribution in [3.05, 3.63) is 22.3 Å². The molecule has 36 heavy (non-hydrogen) atoms. The molecule has 0 aromatic heterocycles. The van der Waals surface area contributed by atoms with Crippen LogP contribution in [-0.2, 0) is 20.7 Å². The fraction of sp³-hybridized carbons (Fsp3) is 0.667. The maximum atomic E-state index is 13.3. The number of aliphatic hydroxyl groups is 2. The van der Waals surface area contributed by atoms with Crippen molar-refractivity contribution < 1.29 is 44.3 Å². The van der Waals surface area contributed by atoms with Gasteiger partial charge in [-0.15, -0.1) is 0 Å². The highest BCUT2D eigenvalue weighted by molar-refractivity contribution is 6.19. The fourth-order valence-corrected chi connectivity index (χ4v) is 6.25. The molecule has 1 aromatic rings. The Morgan fingerprint density at radius 1 is 1.03 bits per heavy atom. The van der Waals surface area contributed by atoms with Crippen LogP contribution in [0.5, 0.6) is 11.5 Å². The van der Waals surface area contributed by atoms with Gasteiger partial charge in [0.25, 0.3) is 0 Å². The summed E-state index contributed by atoms with van der Waals surface area (Å²) in [5.74, 6) is -4.47. The van der Waals surface area contributed by atoms with Gasteiger partial charge in [0.1, 0.15) is 18.1 Å². The van der Waals surface area contributed by atoms with Crippen LogP contribution in [-0.4, -0.2) is 70.3 Å². The highest BCUT2D eigenvalue weighted by atomic mass is 16.5. The number of Topliss-reactive ketones (excluding diaryl/α,β-unsaturated/α-hetero) is 3. The zero-order valence-corrected chi connectivity index (χ0v) is 20.9. The maximum absolute atomic E-state index is 13.3. The predicted molar refractivity (Wildman–Crippen MR) is 128 cm³/mol. The first-order valence-electron chi connectivity index (χ1n) is 12.9. The third-order valence-corrected chi connectivity index (χ3v) is 8.17. The molecule has 1 saturated heterocycles. The zero-order valence-electron chi connectivity index (χ0n) is 20.9. The van der Waals surface area contributed by atoms with E-state index in [0.717, 1.165) is 6.61 Å². The summed E-state index contributed by atoms with van der Waals surface area (Å²) in [5.41, 5.74) is -0.422. The molecule has 3 aliphatic carbocycles.